The van der Waals surface area contributed by atoms with Crippen molar-refractivity contribution in [3.05, 3.63) is 71.5 Å². The summed E-state index contributed by atoms with van der Waals surface area (Å²) in [6, 6.07) is 18.6. The third-order valence-corrected chi connectivity index (χ3v) is 4.44. The maximum absolute atomic E-state index is 4.32. The first kappa shape index (κ1) is 16.3. The first-order valence-corrected chi connectivity index (χ1v) is 8.27. The summed E-state index contributed by atoms with van der Waals surface area (Å²) in [5, 5.41) is 16.1. The van der Waals surface area contributed by atoms with E-state index in [0.29, 0.717) is 0 Å². The Morgan fingerprint density at radius 3 is 2.58 bits per heavy atom. The van der Waals surface area contributed by atoms with Gasteiger partial charge in [0.05, 0.1) is 11.2 Å². The number of tetrazole rings is 1. The predicted octanol–water partition coefficient (Wildman–Crippen LogP) is 3.39. The van der Waals surface area contributed by atoms with Crippen molar-refractivity contribution in [2.24, 2.45) is 0 Å². The lowest BCUT2D eigenvalue weighted by molar-refractivity contribution is 0.324. The van der Waals surface area contributed by atoms with E-state index in [2.05, 4.69) is 78.0 Å². The van der Waals surface area contributed by atoms with Gasteiger partial charge in [-0.05, 0) is 54.0 Å². The third kappa shape index (κ3) is 3.36. The second kappa shape index (κ2) is 6.93. The van der Waals surface area contributed by atoms with Crippen molar-refractivity contribution >= 4 is 0 Å². The van der Waals surface area contributed by atoms with Crippen LogP contribution >= 0.6 is 0 Å². The molecule has 1 heterocycles. The molecule has 1 atom stereocenters. The Hall–Kier alpha value is -2.53. The molecule has 1 N–H and O–H groups in total. The first-order valence-electron chi connectivity index (χ1n) is 8.27. The van der Waals surface area contributed by atoms with Crippen molar-refractivity contribution in [2.45, 2.75) is 39.3 Å². The van der Waals surface area contributed by atoms with E-state index in [1.807, 2.05) is 22.9 Å². The lowest BCUT2D eigenvalue weighted by atomic mass is 9.97. The smallest absolute Gasteiger partial charge is 0.176 e. The molecule has 0 spiro atoms. The monoisotopic (exact) mass is 321 g/mol. The van der Waals surface area contributed by atoms with Crippen molar-refractivity contribution in [1.29, 1.82) is 0 Å². The molecule has 5 heteroatoms. The molecule has 0 bridgehead atoms. The zero-order valence-electron chi connectivity index (χ0n) is 14.4. The molecular weight excluding hydrogens is 298 g/mol. The topological polar surface area (TPSA) is 55.6 Å². The van der Waals surface area contributed by atoms with Gasteiger partial charge in [0.15, 0.2) is 5.82 Å². The number of rotatable bonds is 6. The van der Waals surface area contributed by atoms with E-state index in [1.54, 1.807) is 0 Å². The standard InChI is InChI=1S/C19H23N5/c1-4-19(3,20-14-16-10-6-5-7-11-16)18-21-22-23-24(18)17-12-8-9-15(2)13-17/h5-13,20H,4,14H2,1-3H3. The Kier molecular flexibility index (Phi) is 4.71. The molecule has 3 aromatic rings. The average Bonchev–Trinajstić information content (AvgIpc) is 3.11. The Labute approximate surface area is 142 Å². The van der Waals surface area contributed by atoms with Crippen LogP contribution in [-0.2, 0) is 12.1 Å². The first-order chi connectivity index (χ1) is 11.6. The van der Waals surface area contributed by atoms with Crippen LogP contribution in [0, 0.1) is 6.92 Å². The Bertz CT molecular complexity index is 796. The number of aryl methyl sites for hydroxylation is 1. The normalized spacial score (nSPS) is 13.6. The van der Waals surface area contributed by atoms with Gasteiger partial charge in [-0.2, -0.15) is 4.68 Å². The van der Waals surface area contributed by atoms with E-state index in [4.69, 9.17) is 0 Å². The van der Waals surface area contributed by atoms with Crippen LogP contribution < -0.4 is 5.32 Å². The fraction of sp³-hybridized carbons (Fsp3) is 0.316. The number of nitrogens with one attached hydrogen (secondary N) is 1. The molecule has 0 aliphatic rings. The number of benzene rings is 2. The molecule has 5 nitrogen and oxygen atoms in total. The molecule has 0 aliphatic carbocycles. The molecule has 3 rings (SSSR count). The van der Waals surface area contributed by atoms with E-state index < -0.39 is 0 Å². The Morgan fingerprint density at radius 2 is 1.88 bits per heavy atom. The summed E-state index contributed by atoms with van der Waals surface area (Å²) in [6.07, 6.45) is 0.881. The lowest BCUT2D eigenvalue weighted by Gasteiger charge is -2.28. The maximum atomic E-state index is 4.32. The van der Waals surface area contributed by atoms with Gasteiger partial charge >= 0.3 is 0 Å². The summed E-state index contributed by atoms with van der Waals surface area (Å²) < 4.78 is 1.83. The number of nitrogens with zero attached hydrogens (tertiary/aromatic N) is 4. The van der Waals surface area contributed by atoms with Gasteiger partial charge in [-0.3, -0.25) is 0 Å². The molecule has 0 radical (unpaired) electrons. The van der Waals surface area contributed by atoms with Gasteiger partial charge in [0, 0.05) is 6.54 Å². The van der Waals surface area contributed by atoms with Crippen molar-refractivity contribution < 1.29 is 0 Å². The summed E-state index contributed by atoms with van der Waals surface area (Å²) in [5.74, 6) is 0.825. The van der Waals surface area contributed by atoms with Crippen molar-refractivity contribution in [3.8, 4) is 5.69 Å². The fourth-order valence-electron chi connectivity index (χ4n) is 2.72. The lowest BCUT2D eigenvalue weighted by Crippen LogP contribution is -2.41. The zero-order valence-corrected chi connectivity index (χ0v) is 14.4. The minimum absolute atomic E-state index is 0.316. The van der Waals surface area contributed by atoms with Crippen LogP contribution in [0.15, 0.2) is 54.6 Å². The van der Waals surface area contributed by atoms with E-state index in [0.717, 1.165) is 24.5 Å². The highest BCUT2D eigenvalue weighted by Crippen LogP contribution is 2.25. The minimum atomic E-state index is -0.316. The molecule has 2 aromatic carbocycles. The van der Waals surface area contributed by atoms with E-state index in [9.17, 15) is 0 Å². The molecule has 0 amide bonds. The average molecular weight is 321 g/mol. The van der Waals surface area contributed by atoms with Gasteiger partial charge in [-0.25, -0.2) is 0 Å². The SMILES string of the molecule is CCC(C)(NCc1ccccc1)c1nnnn1-c1cccc(C)c1. The summed E-state index contributed by atoms with van der Waals surface area (Å²) in [7, 11) is 0. The van der Waals surface area contributed by atoms with Crippen molar-refractivity contribution in [3.63, 3.8) is 0 Å². The molecular formula is C19H23N5. The third-order valence-electron chi connectivity index (χ3n) is 4.44. The van der Waals surface area contributed by atoms with Crippen molar-refractivity contribution in [2.75, 3.05) is 0 Å². The maximum Gasteiger partial charge on any atom is 0.176 e. The highest BCUT2D eigenvalue weighted by Gasteiger charge is 2.31. The second-order valence-electron chi connectivity index (χ2n) is 6.28. The largest absolute Gasteiger partial charge is 0.301 e. The fourth-order valence-corrected chi connectivity index (χ4v) is 2.72. The van der Waals surface area contributed by atoms with E-state index in [1.165, 1.54) is 11.1 Å². The highest BCUT2D eigenvalue weighted by molar-refractivity contribution is 5.35. The van der Waals surface area contributed by atoms with Gasteiger partial charge < -0.3 is 5.32 Å². The molecule has 0 saturated heterocycles. The molecule has 124 valence electrons. The summed E-state index contributed by atoms with van der Waals surface area (Å²) in [4.78, 5) is 0. The van der Waals surface area contributed by atoms with Crippen LogP contribution in [0.5, 0.6) is 0 Å². The zero-order chi connectivity index (χ0) is 17.0. The Morgan fingerprint density at radius 1 is 1.08 bits per heavy atom. The van der Waals surface area contributed by atoms with Crippen LogP contribution in [-0.4, -0.2) is 20.2 Å². The number of aromatic nitrogens is 4. The van der Waals surface area contributed by atoms with Gasteiger partial charge in [0.25, 0.3) is 0 Å². The van der Waals surface area contributed by atoms with E-state index >= 15 is 0 Å². The molecule has 0 saturated carbocycles. The van der Waals surface area contributed by atoms with Crippen LogP contribution in [0.1, 0.15) is 37.2 Å². The van der Waals surface area contributed by atoms with Crippen molar-refractivity contribution in [1.82, 2.24) is 25.5 Å². The number of hydrogen-bond acceptors (Lipinski definition) is 4. The van der Waals surface area contributed by atoms with Gasteiger partial charge in [0.1, 0.15) is 0 Å². The highest BCUT2D eigenvalue weighted by atomic mass is 15.6. The molecule has 24 heavy (non-hydrogen) atoms. The van der Waals surface area contributed by atoms with Gasteiger partial charge in [0.2, 0.25) is 0 Å². The molecule has 0 fully saturated rings. The number of hydrogen-bond donors (Lipinski definition) is 1. The molecule has 1 aromatic heterocycles. The van der Waals surface area contributed by atoms with Crippen LogP contribution in [0.4, 0.5) is 0 Å². The minimum Gasteiger partial charge on any atom is -0.301 e. The quantitative estimate of drug-likeness (QED) is 0.756. The summed E-state index contributed by atoms with van der Waals surface area (Å²) >= 11 is 0. The summed E-state index contributed by atoms with van der Waals surface area (Å²) in [5.41, 5.74) is 3.09. The molecule has 1 unspecified atom stereocenters. The second-order valence-corrected chi connectivity index (χ2v) is 6.28. The predicted molar refractivity (Wildman–Crippen MR) is 94.8 cm³/mol. The van der Waals surface area contributed by atoms with Crippen LogP contribution in [0.3, 0.4) is 0 Å². The van der Waals surface area contributed by atoms with Gasteiger partial charge in [-0.15, -0.1) is 5.10 Å². The van der Waals surface area contributed by atoms with Gasteiger partial charge in [-0.1, -0.05) is 49.4 Å². The Balaban J connectivity index is 1.89. The van der Waals surface area contributed by atoms with E-state index in [-0.39, 0.29) is 5.54 Å². The van der Waals surface area contributed by atoms with Crippen LogP contribution in [0.2, 0.25) is 0 Å². The molecule has 0 aliphatic heterocycles. The summed E-state index contributed by atoms with van der Waals surface area (Å²) in [6.45, 7) is 7.13. The van der Waals surface area contributed by atoms with Crippen LogP contribution in [0.25, 0.3) is 5.69 Å².